The molecule has 6 heteroatoms. The Morgan fingerprint density at radius 3 is 2.20 bits per heavy atom. The van der Waals surface area contributed by atoms with Gasteiger partial charge in [0.15, 0.2) is 11.4 Å². The van der Waals surface area contributed by atoms with Crippen LogP contribution in [-0.2, 0) is 18.7 Å². The number of rotatable bonds is 6. The Balaban J connectivity index is 2.29. The summed E-state index contributed by atoms with van der Waals surface area (Å²) in [6.45, 7) is 13.6. The molecule has 1 aliphatic carbocycles. The van der Waals surface area contributed by atoms with Gasteiger partial charge >= 0.3 is 0 Å². The van der Waals surface area contributed by atoms with Gasteiger partial charge in [-0.1, -0.05) is 41.5 Å². The highest BCUT2D eigenvalue weighted by atomic mass is 28.4. The summed E-state index contributed by atoms with van der Waals surface area (Å²) in [5.41, 5.74) is 0.0118. The first kappa shape index (κ1) is 20.3. The average molecular weight is 371 g/mol. The molecule has 25 heavy (non-hydrogen) atoms. The summed E-state index contributed by atoms with van der Waals surface area (Å²) in [6.07, 6.45) is 2.43. The molecule has 1 spiro atoms. The number of methoxy groups -OCH3 is 1. The molecule has 1 aliphatic heterocycles. The van der Waals surface area contributed by atoms with E-state index in [0.29, 0.717) is 29.7 Å². The van der Waals surface area contributed by atoms with E-state index >= 15 is 0 Å². The van der Waals surface area contributed by atoms with E-state index in [2.05, 4.69) is 41.5 Å². The van der Waals surface area contributed by atoms with E-state index in [-0.39, 0.29) is 11.9 Å². The summed E-state index contributed by atoms with van der Waals surface area (Å²) < 4.78 is 32.5. The lowest BCUT2D eigenvalue weighted by Crippen LogP contribution is -2.50. The molecule has 2 atom stereocenters. The second-order valence-electron chi connectivity index (χ2n) is 8.01. The fourth-order valence-corrected chi connectivity index (χ4v) is 10.2. The second kappa shape index (κ2) is 7.33. The van der Waals surface area contributed by atoms with E-state index in [0.717, 1.165) is 6.08 Å². The Morgan fingerprint density at radius 1 is 1.16 bits per heavy atom. The van der Waals surface area contributed by atoms with Gasteiger partial charge in [-0.25, -0.2) is 4.39 Å². The maximum Gasteiger partial charge on any atom is 0.200 e. The molecule has 0 bridgehead atoms. The van der Waals surface area contributed by atoms with Gasteiger partial charge in [-0.2, -0.15) is 0 Å². The third kappa shape index (κ3) is 3.36. The van der Waals surface area contributed by atoms with Crippen LogP contribution in [-0.4, -0.2) is 39.5 Å². The number of ketones is 1. The first-order valence-corrected chi connectivity index (χ1v) is 11.2. The van der Waals surface area contributed by atoms with Gasteiger partial charge in [-0.05, 0) is 16.6 Å². The minimum Gasteiger partial charge on any atom is -0.497 e. The number of hydrogen-bond acceptors (Lipinski definition) is 4. The highest BCUT2D eigenvalue weighted by Crippen LogP contribution is 2.48. The SMILES string of the molecule is COC1=CC(=O)C=C(F)[C@@]12C[C@@H](O[Si](C(C)C)(C(C)C)C(C)C)CO2. The van der Waals surface area contributed by atoms with Crippen molar-refractivity contribution in [3.05, 3.63) is 23.7 Å². The molecule has 0 aromatic carbocycles. The number of ether oxygens (including phenoxy) is 2. The van der Waals surface area contributed by atoms with Crippen molar-refractivity contribution in [3.63, 3.8) is 0 Å². The molecule has 2 aliphatic rings. The van der Waals surface area contributed by atoms with E-state index in [1.165, 1.54) is 13.2 Å². The zero-order chi connectivity index (χ0) is 19.0. The van der Waals surface area contributed by atoms with Crippen LogP contribution >= 0.6 is 0 Å². The second-order valence-corrected chi connectivity index (χ2v) is 13.4. The number of hydrogen-bond donors (Lipinski definition) is 0. The van der Waals surface area contributed by atoms with Crippen LogP contribution in [0.5, 0.6) is 0 Å². The van der Waals surface area contributed by atoms with Crippen LogP contribution in [0.15, 0.2) is 23.7 Å². The molecular formula is C19H31FO4Si. The topological polar surface area (TPSA) is 44.8 Å². The smallest absolute Gasteiger partial charge is 0.200 e. The summed E-state index contributed by atoms with van der Waals surface area (Å²) in [7, 11) is -0.653. The molecule has 0 radical (unpaired) electrons. The van der Waals surface area contributed by atoms with Gasteiger partial charge in [-0.3, -0.25) is 4.79 Å². The van der Waals surface area contributed by atoms with E-state index in [9.17, 15) is 9.18 Å². The predicted molar refractivity (Wildman–Crippen MR) is 98.5 cm³/mol. The number of carbonyl (C=O) groups excluding carboxylic acids is 1. The van der Waals surface area contributed by atoms with Crippen molar-refractivity contribution in [2.45, 2.75) is 76.3 Å². The van der Waals surface area contributed by atoms with Crippen molar-refractivity contribution in [2.75, 3.05) is 13.7 Å². The van der Waals surface area contributed by atoms with Crippen LogP contribution < -0.4 is 0 Å². The van der Waals surface area contributed by atoms with E-state index < -0.39 is 25.5 Å². The molecule has 0 N–H and O–H groups in total. The Hall–Kier alpha value is -0.983. The minimum absolute atomic E-state index is 0.204. The van der Waals surface area contributed by atoms with Gasteiger partial charge in [-0.15, -0.1) is 0 Å². The molecule has 2 rings (SSSR count). The van der Waals surface area contributed by atoms with Crippen LogP contribution in [0.2, 0.25) is 16.6 Å². The fourth-order valence-electron chi connectivity index (χ4n) is 4.65. The van der Waals surface area contributed by atoms with Gasteiger partial charge in [0, 0.05) is 18.6 Å². The average Bonchev–Trinajstić information content (AvgIpc) is 2.92. The lowest BCUT2D eigenvalue weighted by molar-refractivity contribution is -0.111. The van der Waals surface area contributed by atoms with E-state index in [1.807, 2.05) is 0 Å². The Bertz CT molecular complexity index is 560. The van der Waals surface area contributed by atoms with Crippen LogP contribution in [0.1, 0.15) is 48.0 Å². The van der Waals surface area contributed by atoms with Gasteiger partial charge in [0.25, 0.3) is 0 Å². The van der Waals surface area contributed by atoms with Crippen molar-refractivity contribution in [3.8, 4) is 0 Å². The Labute approximate surface area is 151 Å². The third-order valence-electron chi connectivity index (χ3n) is 5.65. The summed E-state index contributed by atoms with van der Waals surface area (Å²) in [5.74, 6) is -0.772. The molecule has 0 unspecified atom stereocenters. The number of carbonyl (C=O) groups is 1. The molecule has 0 aromatic rings. The highest BCUT2D eigenvalue weighted by molar-refractivity contribution is 6.77. The number of halogens is 1. The molecule has 1 fully saturated rings. The van der Waals surface area contributed by atoms with Gasteiger partial charge in [0.1, 0.15) is 11.6 Å². The Kier molecular flexibility index (Phi) is 5.96. The third-order valence-corrected chi connectivity index (χ3v) is 11.8. The lowest BCUT2D eigenvalue weighted by Gasteiger charge is -2.44. The van der Waals surface area contributed by atoms with Crippen LogP contribution in [0.3, 0.4) is 0 Å². The predicted octanol–water partition coefficient (Wildman–Crippen LogP) is 4.67. The molecule has 142 valence electrons. The van der Waals surface area contributed by atoms with Crippen molar-refractivity contribution in [1.29, 1.82) is 0 Å². The monoisotopic (exact) mass is 370 g/mol. The minimum atomic E-state index is -2.09. The highest BCUT2D eigenvalue weighted by Gasteiger charge is 2.54. The summed E-state index contributed by atoms with van der Waals surface area (Å²) >= 11 is 0. The van der Waals surface area contributed by atoms with Gasteiger partial charge < -0.3 is 13.9 Å². The van der Waals surface area contributed by atoms with E-state index in [1.54, 1.807) is 0 Å². The van der Waals surface area contributed by atoms with Crippen LogP contribution in [0.25, 0.3) is 0 Å². The van der Waals surface area contributed by atoms with Crippen molar-refractivity contribution in [1.82, 2.24) is 0 Å². The molecule has 0 amide bonds. The first-order valence-electron chi connectivity index (χ1n) is 9.09. The maximum absolute atomic E-state index is 14.7. The lowest BCUT2D eigenvalue weighted by atomic mass is 9.90. The van der Waals surface area contributed by atoms with Gasteiger partial charge in [0.05, 0.1) is 19.8 Å². The standard InChI is InChI=1S/C19H31FO4Si/c1-12(2)25(13(3)4,14(5)6)24-16-10-19(23-11-16)17(20)8-15(21)9-18(19)22-7/h8-9,12-14,16H,10-11H2,1-7H3/t16-,19+/m1/s1. The van der Waals surface area contributed by atoms with Gasteiger partial charge in [0.2, 0.25) is 8.32 Å². The molecule has 0 aromatic heterocycles. The van der Waals surface area contributed by atoms with Crippen LogP contribution in [0.4, 0.5) is 4.39 Å². The Morgan fingerprint density at radius 2 is 1.72 bits per heavy atom. The molecule has 4 nitrogen and oxygen atoms in total. The van der Waals surface area contributed by atoms with Crippen molar-refractivity contribution < 1.29 is 23.1 Å². The molecule has 1 saturated heterocycles. The summed E-state index contributed by atoms with van der Waals surface area (Å²) in [5, 5.41) is 0. The number of allylic oxidation sites excluding steroid dienone is 2. The summed E-state index contributed by atoms with van der Waals surface area (Å²) in [6, 6.07) is 0. The van der Waals surface area contributed by atoms with E-state index in [4.69, 9.17) is 13.9 Å². The van der Waals surface area contributed by atoms with Crippen molar-refractivity contribution >= 4 is 14.1 Å². The maximum atomic E-state index is 14.7. The zero-order valence-corrected chi connectivity index (χ0v) is 17.4. The fraction of sp³-hybridized carbons (Fsp3) is 0.737. The first-order chi connectivity index (χ1) is 11.6. The zero-order valence-electron chi connectivity index (χ0n) is 16.4. The quantitative estimate of drug-likeness (QED) is 0.637. The summed E-state index contributed by atoms with van der Waals surface area (Å²) in [4.78, 5) is 11.6. The van der Waals surface area contributed by atoms with Crippen LogP contribution in [0, 0.1) is 0 Å². The normalized spacial score (nSPS) is 27.5. The van der Waals surface area contributed by atoms with Crippen molar-refractivity contribution in [2.24, 2.45) is 0 Å². The molecule has 0 saturated carbocycles. The molecular weight excluding hydrogens is 339 g/mol. The molecule has 1 heterocycles. The largest absolute Gasteiger partial charge is 0.497 e.